The number of sulfonamides is 1. The number of aromatic carboxylic acids is 1. The molecule has 10 heteroatoms. The molecular formula is C24H24N2O6S2. The van der Waals surface area contributed by atoms with Gasteiger partial charge in [0.2, 0.25) is 5.91 Å². The largest absolute Gasteiger partial charge is 0.494 e. The number of nitrogens with zero attached hydrogens (tertiary/aromatic N) is 1. The molecule has 3 aromatic carbocycles. The number of ether oxygens (including phenoxy) is 1. The van der Waals surface area contributed by atoms with Crippen molar-refractivity contribution in [3.63, 3.8) is 0 Å². The average molecular weight is 501 g/mol. The van der Waals surface area contributed by atoms with Gasteiger partial charge in [-0.3, -0.25) is 9.10 Å². The minimum absolute atomic E-state index is 0.0259. The van der Waals surface area contributed by atoms with E-state index in [4.69, 9.17) is 4.74 Å². The van der Waals surface area contributed by atoms with Gasteiger partial charge in [-0.15, -0.1) is 11.8 Å². The second kappa shape index (κ2) is 11.1. The Morgan fingerprint density at radius 2 is 1.65 bits per heavy atom. The van der Waals surface area contributed by atoms with Crippen molar-refractivity contribution >= 4 is 45.0 Å². The summed E-state index contributed by atoms with van der Waals surface area (Å²) in [5, 5.41) is 11.9. The van der Waals surface area contributed by atoms with Gasteiger partial charge < -0.3 is 15.2 Å². The third kappa shape index (κ3) is 5.89. The number of amides is 1. The van der Waals surface area contributed by atoms with E-state index in [1.54, 1.807) is 42.5 Å². The Hall–Kier alpha value is -3.50. The van der Waals surface area contributed by atoms with E-state index in [2.05, 4.69) is 5.32 Å². The third-order valence-corrected chi connectivity index (χ3v) is 7.33. The Kier molecular flexibility index (Phi) is 8.19. The van der Waals surface area contributed by atoms with Crippen molar-refractivity contribution < 1.29 is 27.9 Å². The van der Waals surface area contributed by atoms with Gasteiger partial charge in [-0.2, -0.15) is 0 Å². The number of carboxylic acid groups (broad SMARTS) is 1. The molecule has 2 N–H and O–H groups in total. The van der Waals surface area contributed by atoms with Crippen molar-refractivity contribution in [1.82, 2.24) is 0 Å². The van der Waals surface area contributed by atoms with Crippen LogP contribution in [-0.4, -0.2) is 44.8 Å². The molecule has 0 aliphatic carbocycles. The molecule has 0 saturated carbocycles. The van der Waals surface area contributed by atoms with Crippen LogP contribution in [0.3, 0.4) is 0 Å². The number of carboxylic acids is 1. The number of hydrogen-bond donors (Lipinski definition) is 2. The van der Waals surface area contributed by atoms with E-state index in [9.17, 15) is 23.1 Å². The van der Waals surface area contributed by atoms with Gasteiger partial charge in [0, 0.05) is 4.90 Å². The molecule has 0 aromatic heterocycles. The highest BCUT2D eigenvalue weighted by atomic mass is 32.2. The number of hydrogen-bond acceptors (Lipinski definition) is 6. The van der Waals surface area contributed by atoms with Gasteiger partial charge in [0.25, 0.3) is 10.0 Å². The van der Waals surface area contributed by atoms with Crippen LogP contribution < -0.4 is 14.4 Å². The summed E-state index contributed by atoms with van der Waals surface area (Å²) in [6.07, 6.45) is 1.88. The molecule has 0 saturated heterocycles. The summed E-state index contributed by atoms with van der Waals surface area (Å²) in [7, 11) is -4.11. The quantitative estimate of drug-likeness (QED) is 0.398. The summed E-state index contributed by atoms with van der Waals surface area (Å²) >= 11 is 1.48. The fourth-order valence-corrected chi connectivity index (χ4v) is 4.99. The molecule has 0 heterocycles. The second-order valence-corrected chi connectivity index (χ2v) is 9.75. The van der Waals surface area contributed by atoms with E-state index in [0.29, 0.717) is 12.4 Å². The van der Waals surface area contributed by atoms with Crippen LogP contribution in [0.4, 0.5) is 11.4 Å². The van der Waals surface area contributed by atoms with Crippen molar-refractivity contribution in [1.29, 1.82) is 0 Å². The summed E-state index contributed by atoms with van der Waals surface area (Å²) in [4.78, 5) is 25.3. The highest BCUT2D eigenvalue weighted by molar-refractivity contribution is 7.98. The lowest BCUT2D eigenvalue weighted by Gasteiger charge is -2.24. The molecule has 0 spiro atoms. The molecule has 0 unspecified atom stereocenters. The highest BCUT2D eigenvalue weighted by Crippen LogP contribution is 2.27. The van der Waals surface area contributed by atoms with Crippen molar-refractivity contribution in [2.24, 2.45) is 0 Å². The van der Waals surface area contributed by atoms with Crippen molar-refractivity contribution in [3.05, 3.63) is 78.4 Å². The van der Waals surface area contributed by atoms with Crippen LogP contribution in [0, 0.1) is 0 Å². The van der Waals surface area contributed by atoms with Crippen LogP contribution in [-0.2, 0) is 14.8 Å². The summed E-state index contributed by atoms with van der Waals surface area (Å²) in [5.41, 5.74) is 0.242. The van der Waals surface area contributed by atoms with Gasteiger partial charge >= 0.3 is 5.97 Å². The molecule has 0 radical (unpaired) electrons. The van der Waals surface area contributed by atoms with Crippen LogP contribution in [0.15, 0.2) is 82.6 Å². The predicted molar refractivity (Wildman–Crippen MR) is 132 cm³/mol. The maximum atomic E-state index is 13.5. The van der Waals surface area contributed by atoms with E-state index >= 15 is 0 Å². The summed E-state index contributed by atoms with van der Waals surface area (Å²) in [5.74, 6) is -1.33. The Morgan fingerprint density at radius 1 is 1.00 bits per heavy atom. The number of rotatable bonds is 10. The van der Waals surface area contributed by atoms with Crippen LogP contribution >= 0.6 is 11.8 Å². The van der Waals surface area contributed by atoms with Gasteiger partial charge in [-0.25, -0.2) is 13.2 Å². The Bertz CT molecular complexity index is 1260. The zero-order valence-corrected chi connectivity index (χ0v) is 20.2. The normalized spacial score (nSPS) is 11.0. The number of carbonyl (C=O) groups excluding carboxylic acids is 1. The topological polar surface area (TPSA) is 113 Å². The average Bonchev–Trinajstić information content (AvgIpc) is 2.83. The minimum atomic E-state index is -4.11. The lowest BCUT2D eigenvalue weighted by molar-refractivity contribution is -0.114. The minimum Gasteiger partial charge on any atom is -0.494 e. The molecule has 8 nitrogen and oxygen atoms in total. The maximum absolute atomic E-state index is 13.5. The van der Waals surface area contributed by atoms with Crippen molar-refractivity contribution in [2.45, 2.75) is 16.7 Å². The molecule has 0 atom stereocenters. The second-order valence-electron chi connectivity index (χ2n) is 7.01. The van der Waals surface area contributed by atoms with E-state index in [1.165, 1.54) is 42.1 Å². The first kappa shape index (κ1) is 25.1. The smallest absolute Gasteiger partial charge is 0.337 e. The van der Waals surface area contributed by atoms with Gasteiger partial charge in [0.1, 0.15) is 12.3 Å². The monoisotopic (exact) mass is 500 g/mol. The number of thioether (sulfide) groups is 1. The number of carbonyl (C=O) groups is 2. The van der Waals surface area contributed by atoms with Gasteiger partial charge in [0.05, 0.1) is 28.4 Å². The molecule has 0 bridgehead atoms. The highest BCUT2D eigenvalue weighted by Gasteiger charge is 2.28. The predicted octanol–water partition coefficient (Wildman–Crippen LogP) is 4.34. The van der Waals surface area contributed by atoms with Crippen molar-refractivity contribution in [2.75, 3.05) is 29.0 Å². The first-order valence-corrected chi connectivity index (χ1v) is 12.9. The molecule has 3 rings (SSSR count). The van der Waals surface area contributed by atoms with Gasteiger partial charge in [-0.05, 0) is 73.8 Å². The van der Waals surface area contributed by atoms with E-state index in [1.807, 2.05) is 13.2 Å². The van der Waals surface area contributed by atoms with Gasteiger partial charge in [-0.1, -0.05) is 12.1 Å². The number of para-hydroxylation sites is 1. The lowest BCUT2D eigenvalue weighted by Crippen LogP contribution is -2.38. The third-order valence-electron chi connectivity index (χ3n) is 4.80. The summed E-state index contributed by atoms with van der Waals surface area (Å²) in [6.45, 7) is 1.73. The maximum Gasteiger partial charge on any atom is 0.337 e. The number of benzene rings is 3. The lowest BCUT2D eigenvalue weighted by atomic mass is 10.2. The molecule has 0 aliphatic heterocycles. The van der Waals surface area contributed by atoms with E-state index < -0.39 is 28.4 Å². The Morgan fingerprint density at radius 3 is 2.24 bits per heavy atom. The fraction of sp³-hybridized carbons (Fsp3) is 0.167. The number of nitrogens with one attached hydrogen (secondary N) is 1. The SMILES string of the molecule is CCOc1ccc(N(CC(=O)Nc2ccccc2C(=O)O)S(=O)(=O)c2ccc(SC)cc2)cc1. The number of anilines is 2. The summed E-state index contributed by atoms with van der Waals surface area (Å²) in [6, 6.07) is 18.6. The molecule has 1 amide bonds. The van der Waals surface area contributed by atoms with Crippen LogP contribution in [0.1, 0.15) is 17.3 Å². The zero-order chi connectivity index (χ0) is 24.7. The fourth-order valence-electron chi connectivity index (χ4n) is 3.16. The Balaban J connectivity index is 1.96. The molecule has 34 heavy (non-hydrogen) atoms. The zero-order valence-electron chi connectivity index (χ0n) is 18.6. The Labute approximate surface area is 202 Å². The van der Waals surface area contributed by atoms with E-state index in [0.717, 1.165) is 9.20 Å². The molecule has 3 aromatic rings. The van der Waals surface area contributed by atoms with Crippen LogP contribution in [0.5, 0.6) is 5.75 Å². The first-order chi connectivity index (χ1) is 16.3. The van der Waals surface area contributed by atoms with Crippen LogP contribution in [0.2, 0.25) is 0 Å². The van der Waals surface area contributed by atoms with Crippen LogP contribution in [0.25, 0.3) is 0 Å². The molecule has 0 aliphatic rings. The van der Waals surface area contributed by atoms with Gasteiger partial charge in [0.15, 0.2) is 0 Å². The van der Waals surface area contributed by atoms with Crippen molar-refractivity contribution in [3.8, 4) is 5.75 Å². The molecule has 178 valence electrons. The summed E-state index contributed by atoms with van der Waals surface area (Å²) < 4.78 is 33.4. The first-order valence-electron chi connectivity index (χ1n) is 10.3. The molecule has 0 fully saturated rings. The molecular weight excluding hydrogens is 476 g/mol. The van der Waals surface area contributed by atoms with E-state index in [-0.39, 0.29) is 21.8 Å². The standard InChI is InChI=1S/C24H24N2O6S2/c1-3-32-18-10-8-17(9-11-18)26(34(30,31)20-14-12-19(33-2)13-15-20)16-23(27)25-22-7-5-4-6-21(22)24(28)29/h4-15H,3,16H2,1-2H3,(H,25,27)(H,28,29).